The maximum Gasteiger partial charge on any atom is 0.264 e. The van der Waals surface area contributed by atoms with Gasteiger partial charge in [-0.25, -0.2) is 0 Å². The van der Waals surface area contributed by atoms with E-state index in [-0.39, 0.29) is 12.2 Å². The Kier molecular flexibility index (Phi) is 5.44. The van der Waals surface area contributed by atoms with Crippen molar-refractivity contribution >= 4 is 17.4 Å². The normalized spacial score (nSPS) is 18.5. The number of unbranched alkanes of at least 4 members (excludes halogenated alkanes) is 1. The molecular formula is C24H29NO3. The Bertz CT molecular complexity index is 921. The number of fused-ring (bicyclic) bond motifs is 1. The second-order valence-electron chi connectivity index (χ2n) is 7.92. The maximum atomic E-state index is 13.3. The van der Waals surface area contributed by atoms with Crippen LogP contribution in [0.3, 0.4) is 0 Å². The number of aliphatic hydroxyl groups is 1. The first kappa shape index (κ1) is 20.3. The summed E-state index contributed by atoms with van der Waals surface area (Å²) < 4.78 is 0. The van der Waals surface area contributed by atoms with Crippen molar-refractivity contribution in [2.45, 2.75) is 59.5 Å². The van der Waals surface area contributed by atoms with E-state index in [1.807, 2.05) is 39.8 Å². The van der Waals surface area contributed by atoms with E-state index >= 15 is 0 Å². The fourth-order valence-electron chi connectivity index (χ4n) is 4.17. The van der Waals surface area contributed by atoms with Gasteiger partial charge in [0.15, 0.2) is 11.4 Å². The van der Waals surface area contributed by atoms with Gasteiger partial charge in [0.2, 0.25) is 0 Å². The summed E-state index contributed by atoms with van der Waals surface area (Å²) in [7, 11) is 0. The van der Waals surface area contributed by atoms with Gasteiger partial charge in [0.1, 0.15) is 0 Å². The number of hydrogen-bond donors (Lipinski definition) is 1. The van der Waals surface area contributed by atoms with E-state index in [1.54, 1.807) is 17.0 Å². The van der Waals surface area contributed by atoms with Crippen molar-refractivity contribution in [3.63, 3.8) is 0 Å². The molecule has 0 bridgehead atoms. The number of amides is 1. The molecule has 0 aromatic heterocycles. The third kappa shape index (κ3) is 3.16. The molecule has 0 saturated carbocycles. The van der Waals surface area contributed by atoms with Crippen LogP contribution in [0.2, 0.25) is 0 Å². The zero-order valence-electron chi connectivity index (χ0n) is 17.4. The number of aryl methyl sites for hydroxylation is 2. The summed E-state index contributed by atoms with van der Waals surface area (Å²) in [5, 5.41) is 11.4. The molecule has 0 spiro atoms. The maximum absolute atomic E-state index is 13.3. The first-order valence-electron chi connectivity index (χ1n) is 9.96. The number of ketones is 1. The second kappa shape index (κ2) is 7.51. The Balaban J connectivity index is 2.03. The van der Waals surface area contributed by atoms with E-state index in [2.05, 4.69) is 13.0 Å². The van der Waals surface area contributed by atoms with Gasteiger partial charge in [0.05, 0.1) is 12.1 Å². The molecule has 1 amide bonds. The molecule has 0 fully saturated rings. The molecule has 4 heteroatoms. The summed E-state index contributed by atoms with van der Waals surface area (Å²) in [6.45, 7) is 10.4. The van der Waals surface area contributed by atoms with Crippen LogP contribution >= 0.6 is 0 Å². The molecule has 1 aliphatic rings. The van der Waals surface area contributed by atoms with E-state index < -0.39 is 11.5 Å². The monoisotopic (exact) mass is 379 g/mol. The van der Waals surface area contributed by atoms with Crippen molar-refractivity contribution in [3.8, 4) is 0 Å². The highest BCUT2D eigenvalue weighted by Gasteiger charge is 2.50. The summed E-state index contributed by atoms with van der Waals surface area (Å²) in [6.07, 6.45) is 1.56. The third-order valence-electron chi connectivity index (χ3n) is 6.04. The minimum absolute atomic E-state index is 0.190. The van der Waals surface area contributed by atoms with E-state index in [1.165, 1.54) is 0 Å². The number of carbonyl (C=O) groups excluding carboxylic acids is 2. The molecule has 0 aliphatic carbocycles. The number of benzene rings is 2. The van der Waals surface area contributed by atoms with Crippen LogP contribution in [0.4, 0.5) is 5.69 Å². The van der Waals surface area contributed by atoms with Crippen LogP contribution in [-0.2, 0) is 10.4 Å². The fraction of sp³-hybridized carbons (Fsp3) is 0.417. The number of hydrogen-bond acceptors (Lipinski definition) is 3. The number of carbonyl (C=O) groups is 2. The fourth-order valence-corrected chi connectivity index (χ4v) is 4.17. The number of nitrogens with zero attached hydrogens (tertiary/aromatic N) is 1. The Morgan fingerprint density at radius 1 is 1.07 bits per heavy atom. The van der Waals surface area contributed by atoms with Gasteiger partial charge in [-0.3, -0.25) is 9.59 Å². The summed E-state index contributed by atoms with van der Waals surface area (Å²) in [6, 6.07) is 9.33. The Labute approximate surface area is 167 Å². The number of Topliss-reactive ketones (excluding diaryl/α,β-unsaturated/α-hetero) is 1. The van der Waals surface area contributed by atoms with Gasteiger partial charge in [0, 0.05) is 17.7 Å². The van der Waals surface area contributed by atoms with E-state index in [0.29, 0.717) is 23.4 Å². The molecule has 1 aliphatic heterocycles. The summed E-state index contributed by atoms with van der Waals surface area (Å²) >= 11 is 0. The van der Waals surface area contributed by atoms with Gasteiger partial charge in [-0.2, -0.15) is 0 Å². The van der Waals surface area contributed by atoms with Crippen LogP contribution in [0.1, 0.15) is 64.4 Å². The smallest absolute Gasteiger partial charge is 0.264 e. The topological polar surface area (TPSA) is 57.6 Å². The molecule has 4 nitrogen and oxygen atoms in total. The lowest BCUT2D eigenvalue weighted by Gasteiger charge is -2.24. The molecule has 1 unspecified atom stereocenters. The molecule has 148 valence electrons. The largest absolute Gasteiger partial charge is 0.375 e. The number of anilines is 1. The molecular weight excluding hydrogens is 350 g/mol. The molecule has 28 heavy (non-hydrogen) atoms. The van der Waals surface area contributed by atoms with Gasteiger partial charge < -0.3 is 10.0 Å². The highest BCUT2D eigenvalue weighted by Crippen LogP contribution is 2.43. The van der Waals surface area contributed by atoms with E-state index in [0.717, 1.165) is 35.1 Å². The van der Waals surface area contributed by atoms with Crippen LogP contribution in [0.15, 0.2) is 30.3 Å². The van der Waals surface area contributed by atoms with Crippen LogP contribution in [0, 0.1) is 27.7 Å². The van der Waals surface area contributed by atoms with Crippen LogP contribution in [0.25, 0.3) is 0 Å². The van der Waals surface area contributed by atoms with Crippen molar-refractivity contribution in [2.24, 2.45) is 0 Å². The van der Waals surface area contributed by atoms with Crippen molar-refractivity contribution < 1.29 is 14.7 Å². The SMILES string of the molecule is CCCCN1C(=O)C(O)(CC(=O)c2c(C)c(C)cc(C)c2C)c2ccccc21. The summed E-state index contributed by atoms with van der Waals surface area (Å²) in [5.74, 6) is -0.583. The van der Waals surface area contributed by atoms with E-state index in [4.69, 9.17) is 0 Å². The van der Waals surface area contributed by atoms with Gasteiger partial charge in [-0.1, -0.05) is 37.6 Å². The number of rotatable bonds is 6. The zero-order chi connectivity index (χ0) is 20.6. The lowest BCUT2D eigenvalue weighted by molar-refractivity contribution is -0.135. The van der Waals surface area contributed by atoms with E-state index in [9.17, 15) is 14.7 Å². The number of para-hydroxylation sites is 1. The summed E-state index contributed by atoms with van der Waals surface area (Å²) in [5.41, 5.74) is 3.98. The highest BCUT2D eigenvalue weighted by molar-refractivity contribution is 6.11. The van der Waals surface area contributed by atoms with Gasteiger partial charge in [-0.05, 0) is 62.4 Å². The molecule has 3 rings (SSSR count). The molecule has 0 radical (unpaired) electrons. The molecule has 2 aromatic rings. The molecule has 1 atom stereocenters. The van der Waals surface area contributed by atoms with Crippen molar-refractivity contribution in [1.29, 1.82) is 0 Å². The quantitative estimate of drug-likeness (QED) is 0.751. The first-order valence-corrected chi connectivity index (χ1v) is 9.96. The Morgan fingerprint density at radius 2 is 1.68 bits per heavy atom. The Morgan fingerprint density at radius 3 is 2.29 bits per heavy atom. The lowest BCUT2D eigenvalue weighted by atomic mass is 9.84. The Hall–Kier alpha value is -2.46. The van der Waals surface area contributed by atoms with Crippen molar-refractivity contribution in [1.82, 2.24) is 0 Å². The van der Waals surface area contributed by atoms with Crippen LogP contribution < -0.4 is 4.90 Å². The van der Waals surface area contributed by atoms with Gasteiger partial charge >= 0.3 is 0 Å². The lowest BCUT2D eigenvalue weighted by Crippen LogP contribution is -2.42. The van der Waals surface area contributed by atoms with Gasteiger partial charge in [-0.15, -0.1) is 0 Å². The average molecular weight is 380 g/mol. The predicted octanol–water partition coefficient (Wildman–Crippen LogP) is 4.53. The molecule has 0 saturated heterocycles. The standard InChI is InChI=1S/C24H29NO3/c1-6-7-12-25-20-11-9-8-10-19(20)24(28,23(25)27)14-21(26)22-17(4)15(2)13-16(3)18(22)5/h8-11,13,28H,6-7,12,14H2,1-5H3. The average Bonchev–Trinajstić information content (AvgIpc) is 2.86. The molecule has 2 aromatic carbocycles. The second-order valence-corrected chi connectivity index (χ2v) is 7.92. The van der Waals surface area contributed by atoms with Crippen LogP contribution in [-0.4, -0.2) is 23.3 Å². The minimum Gasteiger partial charge on any atom is -0.375 e. The highest BCUT2D eigenvalue weighted by atomic mass is 16.3. The minimum atomic E-state index is -1.81. The summed E-state index contributed by atoms with van der Waals surface area (Å²) in [4.78, 5) is 28.1. The molecule has 1 N–H and O–H groups in total. The van der Waals surface area contributed by atoms with Crippen molar-refractivity contribution in [3.05, 3.63) is 63.7 Å². The first-order chi connectivity index (χ1) is 13.2. The van der Waals surface area contributed by atoms with Crippen LogP contribution in [0.5, 0.6) is 0 Å². The zero-order valence-corrected chi connectivity index (χ0v) is 17.4. The molecule has 1 heterocycles. The predicted molar refractivity (Wildman–Crippen MR) is 112 cm³/mol. The van der Waals surface area contributed by atoms with Gasteiger partial charge in [0.25, 0.3) is 5.91 Å². The third-order valence-corrected chi connectivity index (χ3v) is 6.04. The van der Waals surface area contributed by atoms with Crippen molar-refractivity contribution in [2.75, 3.05) is 11.4 Å².